The van der Waals surface area contributed by atoms with Crippen molar-refractivity contribution in [3.8, 4) is 11.5 Å². The number of esters is 1. The van der Waals surface area contributed by atoms with Crippen molar-refractivity contribution in [2.45, 2.75) is 90.3 Å². The molecule has 0 unspecified atom stereocenters. The number of hydrogen-bond donors (Lipinski definition) is 0. The third-order valence-electron chi connectivity index (χ3n) is 5.73. The second-order valence-corrected chi connectivity index (χ2v) is 8.12. The summed E-state index contributed by atoms with van der Waals surface area (Å²) >= 11 is 0. The molecule has 1 aromatic carbocycles. The first-order valence-electron chi connectivity index (χ1n) is 10.9. The molecule has 0 bridgehead atoms. The Hall–Kier alpha value is -1.72. The summed E-state index contributed by atoms with van der Waals surface area (Å²) in [7, 11) is 0. The highest BCUT2D eigenvalue weighted by Gasteiger charge is 2.31. The Bertz CT molecular complexity index is 590. The van der Waals surface area contributed by atoms with Gasteiger partial charge in [0.05, 0.1) is 0 Å². The second-order valence-electron chi connectivity index (χ2n) is 8.12. The molecule has 1 aliphatic carbocycles. The van der Waals surface area contributed by atoms with Gasteiger partial charge in [-0.25, -0.2) is 0 Å². The van der Waals surface area contributed by atoms with Crippen molar-refractivity contribution >= 4 is 5.97 Å². The Morgan fingerprint density at radius 2 is 1.45 bits per heavy atom. The minimum absolute atomic E-state index is 0.233. The van der Waals surface area contributed by atoms with Crippen LogP contribution in [0.15, 0.2) is 24.3 Å². The summed E-state index contributed by atoms with van der Waals surface area (Å²) in [5.41, 5.74) is 0. The van der Waals surface area contributed by atoms with Gasteiger partial charge in [0, 0.05) is 6.42 Å². The molecule has 1 aromatic rings. The van der Waals surface area contributed by atoms with Crippen molar-refractivity contribution in [3.05, 3.63) is 24.3 Å². The standard InChI is InChI=1S/C23H33F3O3/c1-2-3-4-5-6-7-18-8-10-19(11-9-18)12-17-22(27)28-20-13-15-21(16-14-20)29-23(24,25)26/h13-16,18-19H,2-12,17H2,1H3. The highest BCUT2D eigenvalue weighted by Crippen LogP contribution is 2.34. The van der Waals surface area contributed by atoms with Gasteiger partial charge in [0.15, 0.2) is 0 Å². The van der Waals surface area contributed by atoms with Crippen LogP contribution in [0.5, 0.6) is 11.5 Å². The van der Waals surface area contributed by atoms with Crippen molar-refractivity contribution in [1.82, 2.24) is 0 Å². The van der Waals surface area contributed by atoms with E-state index in [0.29, 0.717) is 12.3 Å². The van der Waals surface area contributed by atoms with E-state index in [1.807, 2.05) is 0 Å². The summed E-state index contributed by atoms with van der Waals surface area (Å²) in [6.07, 6.45) is 9.31. The van der Waals surface area contributed by atoms with E-state index in [9.17, 15) is 18.0 Å². The molecule has 0 N–H and O–H groups in total. The molecule has 0 aliphatic heterocycles. The fraction of sp³-hybridized carbons (Fsp3) is 0.696. The molecule has 1 saturated carbocycles. The largest absolute Gasteiger partial charge is 0.573 e. The number of ether oxygens (including phenoxy) is 2. The molecule has 3 nitrogen and oxygen atoms in total. The average molecular weight is 415 g/mol. The van der Waals surface area contributed by atoms with E-state index in [1.54, 1.807) is 0 Å². The van der Waals surface area contributed by atoms with Gasteiger partial charge in [-0.05, 0) is 42.5 Å². The quantitative estimate of drug-likeness (QED) is 0.214. The molecule has 1 aliphatic rings. The first-order valence-corrected chi connectivity index (χ1v) is 10.9. The fourth-order valence-electron chi connectivity index (χ4n) is 4.06. The molecule has 1 fully saturated rings. The molecule has 29 heavy (non-hydrogen) atoms. The van der Waals surface area contributed by atoms with Crippen LogP contribution < -0.4 is 9.47 Å². The van der Waals surface area contributed by atoms with Gasteiger partial charge in [-0.3, -0.25) is 4.79 Å². The number of halogens is 3. The van der Waals surface area contributed by atoms with Gasteiger partial charge in [-0.2, -0.15) is 0 Å². The predicted molar refractivity (Wildman–Crippen MR) is 107 cm³/mol. The van der Waals surface area contributed by atoms with Crippen LogP contribution in [-0.4, -0.2) is 12.3 Å². The van der Waals surface area contributed by atoms with E-state index in [1.165, 1.54) is 76.3 Å². The van der Waals surface area contributed by atoms with Gasteiger partial charge in [-0.1, -0.05) is 71.1 Å². The van der Waals surface area contributed by atoms with Crippen LogP contribution >= 0.6 is 0 Å². The number of carbonyl (C=O) groups excluding carboxylic acids is 1. The van der Waals surface area contributed by atoms with Gasteiger partial charge in [-0.15, -0.1) is 13.2 Å². The van der Waals surface area contributed by atoms with Crippen molar-refractivity contribution in [2.75, 3.05) is 0 Å². The van der Waals surface area contributed by atoms with Crippen LogP contribution in [-0.2, 0) is 4.79 Å². The molecule has 0 atom stereocenters. The lowest BCUT2D eigenvalue weighted by Gasteiger charge is -2.28. The van der Waals surface area contributed by atoms with Crippen LogP contribution in [0.25, 0.3) is 0 Å². The zero-order valence-electron chi connectivity index (χ0n) is 17.3. The molecular weight excluding hydrogens is 381 g/mol. The Morgan fingerprint density at radius 1 is 0.897 bits per heavy atom. The van der Waals surface area contributed by atoms with Gasteiger partial charge in [0.25, 0.3) is 0 Å². The predicted octanol–water partition coefficient (Wildman–Crippen LogP) is 7.44. The average Bonchev–Trinajstić information content (AvgIpc) is 2.67. The molecule has 164 valence electrons. The molecule has 6 heteroatoms. The maximum Gasteiger partial charge on any atom is 0.573 e. The third-order valence-corrected chi connectivity index (χ3v) is 5.73. The van der Waals surface area contributed by atoms with Crippen molar-refractivity contribution < 1.29 is 27.4 Å². The molecule has 0 saturated heterocycles. The minimum Gasteiger partial charge on any atom is -0.427 e. The van der Waals surface area contributed by atoms with E-state index in [-0.39, 0.29) is 17.5 Å². The van der Waals surface area contributed by atoms with Crippen LogP contribution in [0.3, 0.4) is 0 Å². The van der Waals surface area contributed by atoms with Crippen LogP contribution in [0.1, 0.15) is 84.0 Å². The number of unbranched alkanes of at least 4 members (excludes halogenated alkanes) is 4. The monoisotopic (exact) mass is 414 g/mol. The summed E-state index contributed by atoms with van der Waals surface area (Å²) in [5.74, 6) is 0.974. The summed E-state index contributed by atoms with van der Waals surface area (Å²) < 4.78 is 45.5. The Balaban J connectivity index is 1.60. The van der Waals surface area contributed by atoms with Crippen molar-refractivity contribution in [2.24, 2.45) is 11.8 Å². The smallest absolute Gasteiger partial charge is 0.427 e. The van der Waals surface area contributed by atoms with E-state index in [4.69, 9.17) is 4.74 Å². The number of benzene rings is 1. The van der Waals surface area contributed by atoms with Gasteiger partial charge in [0.1, 0.15) is 11.5 Å². The number of carbonyl (C=O) groups is 1. The van der Waals surface area contributed by atoms with Gasteiger partial charge >= 0.3 is 12.3 Å². The summed E-state index contributed by atoms with van der Waals surface area (Å²) in [5, 5.41) is 0. The number of alkyl halides is 3. The maximum absolute atomic E-state index is 12.2. The molecule has 0 amide bonds. The molecule has 0 aromatic heterocycles. The number of hydrogen-bond acceptors (Lipinski definition) is 3. The SMILES string of the molecule is CCCCCCCC1CCC(CCC(=O)Oc2ccc(OC(F)(F)F)cc2)CC1. The Kier molecular flexibility index (Phi) is 9.82. The minimum atomic E-state index is -4.73. The van der Waals surface area contributed by atoms with E-state index < -0.39 is 6.36 Å². The fourth-order valence-corrected chi connectivity index (χ4v) is 4.06. The molecule has 2 rings (SSSR count). The molecule has 0 radical (unpaired) electrons. The van der Waals surface area contributed by atoms with Crippen molar-refractivity contribution in [3.63, 3.8) is 0 Å². The zero-order valence-corrected chi connectivity index (χ0v) is 17.3. The zero-order chi connectivity index (χ0) is 21.1. The second kappa shape index (κ2) is 12.1. The molecular formula is C23H33F3O3. The van der Waals surface area contributed by atoms with E-state index >= 15 is 0 Å². The van der Waals surface area contributed by atoms with E-state index in [0.717, 1.165) is 24.5 Å². The Labute approximate surface area is 172 Å². The highest BCUT2D eigenvalue weighted by atomic mass is 19.4. The summed E-state index contributed by atoms with van der Waals surface area (Å²) in [6.45, 7) is 2.24. The maximum atomic E-state index is 12.2. The lowest BCUT2D eigenvalue weighted by Crippen LogP contribution is -2.17. The molecule has 0 heterocycles. The lowest BCUT2D eigenvalue weighted by atomic mass is 9.78. The summed E-state index contributed by atoms with van der Waals surface area (Å²) in [6, 6.07) is 4.90. The van der Waals surface area contributed by atoms with Crippen LogP contribution in [0, 0.1) is 11.8 Å². The molecule has 0 spiro atoms. The van der Waals surface area contributed by atoms with E-state index in [2.05, 4.69) is 11.7 Å². The van der Waals surface area contributed by atoms with Crippen molar-refractivity contribution in [1.29, 1.82) is 0 Å². The lowest BCUT2D eigenvalue weighted by molar-refractivity contribution is -0.274. The normalized spacial score (nSPS) is 19.7. The first-order chi connectivity index (χ1) is 13.9. The topological polar surface area (TPSA) is 35.5 Å². The van der Waals surface area contributed by atoms with Gasteiger partial charge in [0.2, 0.25) is 0 Å². The van der Waals surface area contributed by atoms with Gasteiger partial charge < -0.3 is 9.47 Å². The number of rotatable bonds is 11. The third kappa shape index (κ3) is 10.0. The van der Waals surface area contributed by atoms with Crippen LogP contribution in [0.4, 0.5) is 13.2 Å². The van der Waals surface area contributed by atoms with Crippen LogP contribution in [0.2, 0.25) is 0 Å². The summed E-state index contributed by atoms with van der Waals surface area (Å²) in [4.78, 5) is 12.0. The highest BCUT2D eigenvalue weighted by molar-refractivity contribution is 5.72. The first kappa shape index (κ1) is 23.6. The Morgan fingerprint density at radius 3 is 2.03 bits per heavy atom.